The van der Waals surface area contributed by atoms with Crippen LogP contribution in [0.5, 0.6) is 0 Å². The maximum atomic E-state index is 13.7. The summed E-state index contributed by atoms with van der Waals surface area (Å²) in [5.74, 6) is 0. The number of hydrogen-bond acceptors (Lipinski definition) is 3. The Morgan fingerprint density at radius 1 is 0.667 bits per heavy atom. The Hall–Kier alpha value is 0.967. The van der Waals surface area contributed by atoms with Crippen LogP contribution < -0.4 is 0 Å². The van der Waals surface area contributed by atoms with E-state index in [0.717, 1.165) is 51.4 Å². The van der Waals surface area contributed by atoms with Crippen molar-refractivity contribution in [2.24, 2.45) is 0 Å². The third-order valence-electron chi connectivity index (χ3n) is 3.87. The number of unbranched alkanes of at least 4 members (excludes halogenated alkanes) is 4. The molecule has 0 amide bonds. The Balaban J connectivity index is 0. The molecule has 0 spiro atoms. The van der Waals surface area contributed by atoms with E-state index >= 15 is 0 Å². The van der Waals surface area contributed by atoms with Crippen LogP contribution in [0.2, 0.25) is 9.45 Å². The molecule has 0 aliphatic heterocycles. The summed E-state index contributed by atoms with van der Waals surface area (Å²) in [7, 11) is 0. The van der Waals surface area contributed by atoms with Gasteiger partial charge in [0.25, 0.3) is 0 Å². The van der Waals surface area contributed by atoms with Crippen molar-refractivity contribution in [3.05, 3.63) is 0 Å². The largest absolute Gasteiger partial charge is 0.187 e. The predicted octanol–water partition coefficient (Wildman–Crippen LogP) is 4.74. The van der Waals surface area contributed by atoms with Gasteiger partial charge < -0.3 is 0 Å². The Bertz CT molecular complexity index is 267. The average Bonchev–Trinajstić information content (AvgIpc) is 2.44. The van der Waals surface area contributed by atoms with Gasteiger partial charge >= 0.3 is 128 Å². The van der Waals surface area contributed by atoms with Crippen molar-refractivity contribution in [1.82, 2.24) is 0 Å². The van der Waals surface area contributed by atoms with E-state index < -0.39 is 16.1 Å². The van der Waals surface area contributed by atoms with Gasteiger partial charge in [-0.1, -0.05) is 0 Å². The van der Waals surface area contributed by atoms with Crippen molar-refractivity contribution in [3.63, 3.8) is 0 Å². The summed E-state index contributed by atoms with van der Waals surface area (Å²) in [5.41, 5.74) is 0. The molecule has 21 heavy (non-hydrogen) atoms. The molecule has 0 aromatic rings. The van der Waals surface area contributed by atoms with Crippen LogP contribution in [-0.4, -0.2) is 30.6 Å². The Morgan fingerprint density at radius 2 is 1.00 bits per heavy atom. The Labute approximate surface area is 144 Å². The molecule has 0 aliphatic carbocycles. The third kappa shape index (κ3) is 10.4. The second-order valence-electron chi connectivity index (χ2n) is 5.98. The summed E-state index contributed by atoms with van der Waals surface area (Å²) in [6.07, 6.45) is 8.06. The van der Waals surface area contributed by atoms with E-state index in [1.54, 1.807) is 0 Å². The molecule has 0 saturated carbocycles. The van der Waals surface area contributed by atoms with E-state index in [1.807, 2.05) is 0 Å². The molecule has 0 radical (unpaired) electrons. The summed E-state index contributed by atoms with van der Waals surface area (Å²) in [6.45, 7) is 9.72. The predicted molar refractivity (Wildman–Crippen MR) is 91.8 cm³/mol. The molecule has 3 nitrogen and oxygen atoms in total. The van der Waals surface area contributed by atoms with Crippen molar-refractivity contribution >= 4 is 17.4 Å². The van der Waals surface area contributed by atoms with Crippen LogP contribution in [0.3, 0.4) is 0 Å². The van der Waals surface area contributed by atoms with Crippen LogP contribution >= 0.6 is 0 Å². The van der Waals surface area contributed by atoms with Crippen molar-refractivity contribution in [1.29, 1.82) is 0 Å². The molecule has 0 aliphatic rings. The van der Waals surface area contributed by atoms with E-state index in [0.29, 0.717) is 22.7 Å². The Morgan fingerprint density at radius 3 is 1.29 bits per heavy atom. The molecule has 0 aromatic carbocycles. The fourth-order valence-corrected chi connectivity index (χ4v) is 8.91. The smallest absolute Gasteiger partial charge is 0.187 e. The van der Waals surface area contributed by atoms with Crippen molar-refractivity contribution < 1.29 is 26.0 Å². The molecule has 5 heteroatoms. The summed E-state index contributed by atoms with van der Waals surface area (Å²) < 4.78 is 27.0. The first-order valence-corrected chi connectivity index (χ1v) is 12.8. The van der Waals surface area contributed by atoms with Crippen LogP contribution in [0.25, 0.3) is 0 Å². The fourth-order valence-electron chi connectivity index (χ4n) is 2.38. The van der Waals surface area contributed by atoms with E-state index in [2.05, 4.69) is 27.7 Å². The van der Waals surface area contributed by atoms with Gasteiger partial charge in [0.15, 0.2) is 17.4 Å². The van der Waals surface area contributed by atoms with E-state index in [9.17, 15) is 3.32 Å². The summed E-state index contributed by atoms with van der Waals surface area (Å²) in [6, 6.07) is 0. The third-order valence-corrected chi connectivity index (χ3v) is 10.6. The van der Waals surface area contributed by atoms with Gasteiger partial charge in [-0.2, -0.15) is 0 Å². The van der Waals surface area contributed by atoms with Gasteiger partial charge in [-0.05, 0) is 0 Å². The summed E-state index contributed by atoms with van der Waals surface area (Å²) in [5, 5.41) is 0. The van der Waals surface area contributed by atoms with E-state index in [4.69, 9.17) is 6.64 Å². The SMILES string of the molecule is CCCC[O][Ti](=[O])([CH2]CCC)([CH2]CCC)[O]CCCC.[AlH3]. The van der Waals surface area contributed by atoms with Gasteiger partial charge in [0.2, 0.25) is 0 Å². The van der Waals surface area contributed by atoms with Gasteiger partial charge in [-0.15, -0.1) is 0 Å². The standard InChI is InChI=1S/2C4H9O.2C4H9.Al.O.Ti.3H/c2*1-2-3-4-5;2*1-3-4-2;;;;;;/h2*2-4H2,1H3;2*1,3-4H2,2H3;;;;;;/q2*-1;;;;;+2;;;. The van der Waals surface area contributed by atoms with Crippen molar-refractivity contribution in [3.8, 4) is 0 Å². The summed E-state index contributed by atoms with van der Waals surface area (Å²) >= 11 is -4.42. The normalized spacial score (nSPS) is 12.2. The molecule has 0 fully saturated rings. The first-order valence-electron chi connectivity index (χ1n) is 8.73. The first kappa shape index (κ1) is 24.2. The van der Waals surface area contributed by atoms with Crippen LogP contribution in [0.4, 0.5) is 0 Å². The van der Waals surface area contributed by atoms with Crippen molar-refractivity contribution in [2.75, 3.05) is 13.2 Å². The topological polar surface area (TPSA) is 35.5 Å². The van der Waals surface area contributed by atoms with Gasteiger partial charge in [0.05, 0.1) is 0 Å². The van der Waals surface area contributed by atoms with Crippen LogP contribution in [0.15, 0.2) is 0 Å². The second-order valence-corrected chi connectivity index (χ2v) is 12.7. The molecule has 0 saturated heterocycles. The minimum Gasteiger partial charge on any atom is 0.187 e. The molecule has 0 unspecified atom stereocenters. The van der Waals surface area contributed by atoms with E-state index in [-0.39, 0.29) is 17.4 Å². The van der Waals surface area contributed by atoms with Crippen LogP contribution in [0.1, 0.15) is 79.1 Å². The van der Waals surface area contributed by atoms with Gasteiger partial charge in [-0.3, -0.25) is 0 Å². The monoisotopic (exact) mass is 354 g/mol. The zero-order chi connectivity index (χ0) is 15.3. The minimum absolute atomic E-state index is 0. The molecule has 0 N–H and O–H groups in total. The van der Waals surface area contributed by atoms with Crippen LogP contribution in [0, 0.1) is 0 Å². The average molecular weight is 354 g/mol. The van der Waals surface area contributed by atoms with Crippen molar-refractivity contribution in [2.45, 2.75) is 88.5 Å². The van der Waals surface area contributed by atoms with Gasteiger partial charge in [0.1, 0.15) is 0 Å². The fraction of sp³-hybridized carbons (Fsp3) is 1.00. The summed E-state index contributed by atoms with van der Waals surface area (Å²) in [4.78, 5) is 0. The second kappa shape index (κ2) is 13.4. The van der Waals surface area contributed by atoms with Gasteiger partial charge in [0, 0.05) is 0 Å². The molecule has 0 heterocycles. The zero-order valence-corrected chi connectivity index (χ0v) is 15.8. The number of hydrogen-bond donors (Lipinski definition) is 0. The molecule has 0 atom stereocenters. The molecule has 0 bridgehead atoms. The first-order chi connectivity index (χ1) is 9.54. The Kier molecular flexibility index (Phi) is 15.5. The maximum absolute atomic E-state index is 13.7. The molecular weight excluding hydrogens is 315 g/mol. The molecule has 0 rings (SSSR count). The van der Waals surface area contributed by atoms with Crippen LogP contribution in [-0.2, 0) is 26.0 Å². The maximum Gasteiger partial charge on any atom is 0.187 e. The molecular formula is C16H39AlO3Ti. The zero-order valence-electron chi connectivity index (χ0n) is 14.2. The van der Waals surface area contributed by atoms with Gasteiger partial charge in [-0.25, -0.2) is 0 Å². The number of rotatable bonds is 14. The van der Waals surface area contributed by atoms with E-state index in [1.165, 1.54) is 0 Å². The molecule has 128 valence electrons. The minimum atomic E-state index is -4.42. The molecule has 0 aromatic heterocycles. The quantitative estimate of drug-likeness (QED) is 0.334.